The van der Waals surface area contributed by atoms with E-state index in [1.54, 1.807) is 0 Å². The van der Waals surface area contributed by atoms with Crippen molar-refractivity contribution < 1.29 is 4.42 Å². The molecule has 15 heavy (non-hydrogen) atoms. The van der Waals surface area contributed by atoms with Crippen LogP contribution in [0.4, 0.5) is 0 Å². The Morgan fingerprint density at radius 3 is 2.93 bits per heavy atom. The van der Waals surface area contributed by atoms with E-state index < -0.39 is 0 Å². The lowest BCUT2D eigenvalue weighted by Crippen LogP contribution is -2.04. The Labute approximate surface area is 97.0 Å². The fraction of sp³-hybridized carbons (Fsp3) is 0.364. The van der Waals surface area contributed by atoms with Crippen molar-refractivity contribution in [2.45, 2.75) is 19.9 Å². The summed E-state index contributed by atoms with van der Waals surface area (Å²) in [6, 6.07) is 4.15. The Kier molecular flexibility index (Phi) is 3.07. The van der Waals surface area contributed by atoms with Crippen LogP contribution in [0.25, 0.3) is 11.1 Å². The second-order valence-electron chi connectivity index (χ2n) is 3.42. The zero-order valence-electron chi connectivity index (χ0n) is 8.80. The van der Waals surface area contributed by atoms with Crippen molar-refractivity contribution in [1.29, 1.82) is 0 Å². The normalized spacial score (nSPS) is 11.1. The Bertz CT molecular complexity index is 479. The van der Waals surface area contributed by atoms with E-state index in [9.17, 15) is 0 Å². The van der Waals surface area contributed by atoms with Gasteiger partial charge in [0.05, 0.1) is 11.0 Å². The first kappa shape index (κ1) is 10.6. The lowest BCUT2D eigenvalue weighted by Gasteiger charge is -1.96. The molecule has 0 radical (unpaired) electrons. The number of nitrogens with one attached hydrogen (secondary N) is 1. The monoisotopic (exact) mass is 268 g/mol. The van der Waals surface area contributed by atoms with Crippen LogP contribution in [0, 0.1) is 0 Å². The molecular formula is C11H13BrN2O. The molecule has 4 heteroatoms. The van der Waals surface area contributed by atoms with Gasteiger partial charge in [-0.3, -0.25) is 0 Å². The molecule has 80 valence electrons. The standard InChI is InChI=1S/C11H13BrN2O/c1-3-7-4-8(12)11-9(5-7)14-10(15-11)6-13-2/h4-5,13H,3,6H2,1-2H3. The first-order valence-corrected chi connectivity index (χ1v) is 5.76. The van der Waals surface area contributed by atoms with Crippen molar-refractivity contribution in [1.82, 2.24) is 10.3 Å². The third kappa shape index (κ3) is 2.06. The number of aryl methyl sites for hydroxylation is 1. The van der Waals surface area contributed by atoms with Crippen LogP contribution >= 0.6 is 15.9 Å². The lowest BCUT2D eigenvalue weighted by atomic mass is 10.1. The topological polar surface area (TPSA) is 38.1 Å². The molecule has 0 spiro atoms. The van der Waals surface area contributed by atoms with E-state index in [-0.39, 0.29) is 0 Å². The molecule has 0 aliphatic carbocycles. The molecular weight excluding hydrogens is 256 g/mol. The van der Waals surface area contributed by atoms with E-state index in [4.69, 9.17) is 4.42 Å². The molecule has 3 nitrogen and oxygen atoms in total. The maximum Gasteiger partial charge on any atom is 0.209 e. The number of nitrogens with zero attached hydrogens (tertiary/aromatic N) is 1. The van der Waals surface area contributed by atoms with E-state index in [0.717, 1.165) is 27.9 Å². The van der Waals surface area contributed by atoms with Crippen molar-refractivity contribution in [3.05, 3.63) is 28.1 Å². The molecule has 0 aliphatic rings. The Morgan fingerprint density at radius 1 is 1.47 bits per heavy atom. The number of oxazole rings is 1. The van der Waals surface area contributed by atoms with Crippen LogP contribution in [0.5, 0.6) is 0 Å². The van der Waals surface area contributed by atoms with Crippen LogP contribution in [-0.2, 0) is 13.0 Å². The minimum atomic E-state index is 0.655. The fourth-order valence-electron chi connectivity index (χ4n) is 1.52. The van der Waals surface area contributed by atoms with Gasteiger partial charge in [-0.1, -0.05) is 6.92 Å². The molecule has 0 atom stereocenters. The van der Waals surface area contributed by atoms with Crippen molar-refractivity contribution in [3.8, 4) is 0 Å². The molecule has 0 fully saturated rings. The van der Waals surface area contributed by atoms with Crippen LogP contribution in [0.2, 0.25) is 0 Å². The fourth-order valence-corrected chi connectivity index (χ4v) is 2.10. The zero-order chi connectivity index (χ0) is 10.8. The van der Waals surface area contributed by atoms with Crippen molar-refractivity contribution in [3.63, 3.8) is 0 Å². The Morgan fingerprint density at radius 2 is 2.27 bits per heavy atom. The third-order valence-electron chi connectivity index (χ3n) is 2.29. The highest BCUT2D eigenvalue weighted by atomic mass is 79.9. The van der Waals surface area contributed by atoms with Gasteiger partial charge in [-0.15, -0.1) is 0 Å². The Balaban J connectivity index is 2.54. The highest BCUT2D eigenvalue weighted by Crippen LogP contribution is 2.26. The van der Waals surface area contributed by atoms with Gasteiger partial charge in [0.1, 0.15) is 5.52 Å². The molecule has 2 rings (SSSR count). The summed E-state index contributed by atoms with van der Waals surface area (Å²) in [7, 11) is 1.88. The van der Waals surface area contributed by atoms with Crippen LogP contribution in [-0.4, -0.2) is 12.0 Å². The summed E-state index contributed by atoms with van der Waals surface area (Å²) in [6.07, 6.45) is 1.00. The molecule has 1 heterocycles. The van der Waals surface area contributed by atoms with Crippen LogP contribution in [0.1, 0.15) is 18.4 Å². The van der Waals surface area contributed by atoms with E-state index in [1.165, 1.54) is 5.56 Å². The van der Waals surface area contributed by atoms with Crippen molar-refractivity contribution in [2.24, 2.45) is 0 Å². The quantitative estimate of drug-likeness (QED) is 0.931. The minimum absolute atomic E-state index is 0.655. The van der Waals surface area contributed by atoms with Crippen molar-refractivity contribution >= 4 is 27.0 Å². The molecule has 2 aromatic rings. The highest BCUT2D eigenvalue weighted by Gasteiger charge is 2.09. The SMILES string of the molecule is CCc1cc(Br)c2oc(CNC)nc2c1. The molecule has 1 aromatic heterocycles. The van der Waals surface area contributed by atoms with Gasteiger partial charge in [-0.25, -0.2) is 4.98 Å². The van der Waals surface area contributed by atoms with E-state index in [0.29, 0.717) is 6.54 Å². The largest absolute Gasteiger partial charge is 0.438 e. The van der Waals surface area contributed by atoms with Crippen molar-refractivity contribution in [2.75, 3.05) is 7.05 Å². The lowest BCUT2D eigenvalue weighted by molar-refractivity contribution is 0.510. The van der Waals surface area contributed by atoms with Gasteiger partial charge in [0.2, 0.25) is 5.89 Å². The summed E-state index contributed by atoms with van der Waals surface area (Å²) in [5, 5.41) is 3.02. The van der Waals surface area contributed by atoms with Gasteiger partial charge in [0, 0.05) is 0 Å². The van der Waals surface area contributed by atoms with Gasteiger partial charge in [-0.2, -0.15) is 0 Å². The van der Waals surface area contributed by atoms with Gasteiger partial charge in [0.15, 0.2) is 5.58 Å². The number of rotatable bonds is 3. The average molecular weight is 269 g/mol. The summed E-state index contributed by atoms with van der Waals surface area (Å²) in [6.45, 7) is 2.78. The number of hydrogen-bond acceptors (Lipinski definition) is 3. The molecule has 0 bridgehead atoms. The highest BCUT2D eigenvalue weighted by molar-refractivity contribution is 9.10. The number of hydrogen-bond donors (Lipinski definition) is 1. The number of benzene rings is 1. The summed E-state index contributed by atoms with van der Waals surface area (Å²) in [5.41, 5.74) is 3.02. The molecule has 0 saturated carbocycles. The van der Waals surface area contributed by atoms with Gasteiger partial charge in [-0.05, 0) is 47.1 Å². The Hall–Kier alpha value is -0.870. The summed E-state index contributed by atoms with van der Waals surface area (Å²) >= 11 is 3.50. The van der Waals surface area contributed by atoms with E-state index >= 15 is 0 Å². The maximum absolute atomic E-state index is 5.62. The number of aromatic nitrogens is 1. The summed E-state index contributed by atoms with van der Waals surface area (Å²) < 4.78 is 6.60. The first-order valence-electron chi connectivity index (χ1n) is 4.97. The van der Waals surface area contributed by atoms with Gasteiger partial charge >= 0.3 is 0 Å². The van der Waals surface area contributed by atoms with Crippen LogP contribution < -0.4 is 5.32 Å². The molecule has 0 unspecified atom stereocenters. The minimum Gasteiger partial charge on any atom is -0.438 e. The smallest absolute Gasteiger partial charge is 0.209 e. The summed E-state index contributed by atoms with van der Waals surface area (Å²) in [5.74, 6) is 0.724. The number of fused-ring (bicyclic) bond motifs is 1. The second-order valence-corrected chi connectivity index (χ2v) is 4.27. The van der Waals surface area contributed by atoms with E-state index in [1.807, 2.05) is 7.05 Å². The summed E-state index contributed by atoms with van der Waals surface area (Å²) in [4.78, 5) is 4.41. The molecule has 1 aromatic carbocycles. The maximum atomic E-state index is 5.62. The van der Waals surface area contributed by atoms with Crippen LogP contribution in [0.15, 0.2) is 21.0 Å². The van der Waals surface area contributed by atoms with Crippen LogP contribution in [0.3, 0.4) is 0 Å². The van der Waals surface area contributed by atoms with E-state index in [2.05, 4.69) is 45.3 Å². The number of halogens is 1. The molecule has 0 aliphatic heterocycles. The predicted molar refractivity (Wildman–Crippen MR) is 63.9 cm³/mol. The zero-order valence-corrected chi connectivity index (χ0v) is 10.4. The van der Waals surface area contributed by atoms with Gasteiger partial charge < -0.3 is 9.73 Å². The molecule has 0 amide bonds. The van der Waals surface area contributed by atoms with Gasteiger partial charge in [0.25, 0.3) is 0 Å². The first-order chi connectivity index (χ1) is 7.24. The average Bonchev–Trinajstić information content (AvgIpc) is 2.61. The predicted octanol–water partition coefficient (Wildman–Crippen LogP) is 2.87. The molecule has 0 saturated heterocycles. The third-order valence-corrected chi connectivity index (χ3v) is 2.87. The second kappa shape index (κ2) is 4.33. The molecule has 1 N–H and O–H groups in total.